The van der Waals surface area contributed by atoms with Gasteiger partial charge in [-0.05, 0) is 31.5 Å². The van der Waals surface area contributed by atoms with E-state index < -0.39 is 11.6 Å². The van der Waals surface area contributed by atoms with Gasteiger partial charge in [0.2, 0.25) is 0 Å². The molecule has 1 unspecified atom stereocenters. The predicted molar refractivity (Wildman–Crippen MR) is 73.2 cm³/mol. The molecule has 0 saturated carbocycles. The van der Waals surface area contributed by atoms with Gasteiger partial charge in [0.15, 0.2) is 0 Å². The van der Waals surface area contributed by atoms with E-state index in [1.165, 1.54) is 30.8 Å². The lowest BCUT2D eigenvalue weighted by Crippen LogP contribution is -2.21. The standard InChI is InChI=1S/C15H17F2N3/c16-10-5-4-6-11(17)14(10)13-9-19-15(20-13)12-7-2-1-3-8-18-12/h4-6,9,12,18H,1-3,7-8H2,(H,19,20). The van der Waals surface area contributed by atoms with E-state index in [1.807, 2.05) is 0 Å². The van der Waals surface area contributed by atoms with Crippen molar-refractivity contribution in [2.75, 3.05) is 6.54 Å². The fourth-order valence-corrected chi connectivity index (χ4v) is 2.66. The number of H-pyrrole nitrogens is 1. The summed E-state index contributed by atoms with van der Waals surface area (Å²) in [6, 6.07) is 4.00. The molecule has 1 aromatic heterocycles. The number of hydrogen-bond acceptors (Lipinski definition) is 2. The van der Waals surface area contributed by atoms with Crippen LogP contribution in [0.2, 0.25) is 0 Å². The molecule has 0 amide bonds. The van der Waals surface area contributed by atoms with Crippen LogP contribution in [0.25, 0.3) is 11.3 Å². The summed E-state index contributed by atoms with van der Waals surface area (Å²) in [6.45, 7) is 0.953. The molecule has 0 radical (unpaired) electrons. The number of rotatable bonds is 2. The molecule has 0 aliphatic carbocycles. The lowest BCUT2D eigenvalue weighted by atomic mass is 10.1. The zero-order valence-electron chi connectivity index (χ0n) is 11.1. The Bertz CT molecular complexity index is 566. The van der Waals surface area contributed by atoms with Crippen molar-refractivity contribution >= 4 is 0 Å². The summed E-state index contributed by atoms with van der Waals surface area (Å²) in [5, 5.41) is 3.41. The van der Waals surface area contributed by atoms with Gasteiger partial charge in [0.1, 0.15) is 17.5 Å². The molecule has 0 spiro atoms. The van der Waals surface area contributed by atoms with Crippen LogP contribution in [0.5, 0.6) is 0 Å². The van der Waals surface area contributed by atoms with Crippen LogP contribution >= 0.6 is 0 Å². The van der Waals surface area contributed by atoms with Gasteiger partial charge in [-0.3, -0.25) is 0 Å². The molecule has 106 valence electrons. The first-order chi connectivity index (χ1) is 9.75. The zero-order valence-corrected chi connectivity index (χ0v) is 11.1. The molecule has 20 heavy (non-hydrogen) atoms. The van der Waals surface area contributed by atoms with Gasteiger partial charge in [0.25, 0.3) is 0 Å². The van der Waals surface area contributed by atoms with Crippen molar-refractivity contribution < 1.29 is 8.78 Å². The molecule has 5 heteroatoms. The number of aromatic amines is 1. The lowest BCUT2D eigenvalue weighted by molar-refractivity contribution is 0.512. The maximum Gasteiger partial charge on any atom is 0.135 e. The molecule has 3 nitrogen and oxygen atoms in total. The number of aromatic nitrogens is 2. The number of halogens is 2. The van der Waals surface area contributed by atoms with E-state index in [0.717, 1.165) is 31.6 Å². The molecule has 2 heterocycles. The van der Waals surface area contributed by atoms with Gasteiger partial charge in [-0.15, -0.1) is 0 Å². The number of nitrogens with one attached hydrogen (secondary N) is 2. The van der Waals surface area contributed by atoms with Crippen molar-refractivity contribution in [2.24, 2.45) is 0 Å². The number of hydrogen-bond donors (Lipinski definition) is 2. The molecule has 1 aliphatic heterocycles. The Balaban J connectivity index is 1.90. The molecule has 1 aromatic carbocycles. The molecular formula is C15H17F2N3. The van der Waals surface area contributed by atoms with Crippen LogP contribution in [0.4, 0.5) is 8.78 Å². The van der Waals surface area contributed by atoms with Crippen LogP contribution in [0.3, 0.4) is 0 Å². The monoisotopic (exact) mass is 277 g/mol. The third kappa shape index (κ3) is 2.58. The van der Waals surface area contributed by atoms with E-state index in [1.54, 1.807) is 0 Å². The van der Waals surface area contributed by atoms with Crippen molar-refractivity contribution in [1.29, 1.82) is 0 Å². The highest BCUT2D eigenvalue weighted by Gasteiger charge is 2.19. The average molecular weight is 277 g/mol. The second-order valence-electron chi connectivity index (χ2n) is 5.13. The Hall–Kier alpha value is -1.75. The summed E-state index contributed by atoms with van der Waals surface area (Å²) in [5.41, 5.74) is 0.349. The van der Waals surface area contributed by atoms with Crippen molar-refractivity contribution in [2.45, 2.75) is 31.7 Å². The summed E-state index contributed by atoms with van der Waals surface area (Å²) in [6.07, 6.45) is 6.00. The Morgan fingerprint density at radius 1 is 1.10 bits per heavy atom. The second-order valence-corrected chi connectivity index (χ2v) is 5.13. The summed E-state index contributed by atoms with van der Waals surface area (Å²) in [4.78, 5) is 7.34. The van der Waals surface area contributed by atoms with Gasteiger partial charge in [-0.1, -0.05) is 18.9 Å². The second kappa shape index (κ2) is 5.71. The van der Waals surface area contributed by atoms with E-state index in [4.69, 9.17) is 0 Å². The van der Waals surface area contributed by atoms with E-state index in [-0.39, 0.29) is 11.6 Å². The minimum absolute atomic E-state index is 0.0418. The fraction of sp³-hybridized carbons (Fsp3) is 0.400. The topological polar surface area (TPSA) is 40.7 Å². The highest BCUT2D eigenvalue weighted by molar-refractivity contribution is 5.60. The molecule has 2 N–H and O–H groups in total. The third-order valence-electron chi connectivity index (χ3n) is 3.72. The molecule has 1 atom stereocenters. The Kier molecular flexibility index (Phi) is 3.78. The van der Waals surface area contributed by atoms with Gasteiger partial charge < -0.3 is 10.3 Å². The predicted octanol–water partition coefficient (Wildman–Crippen LogP) is 3.56. The van der Waals surface area contributed by atoms with E-state index >= 15 is 0 Å². The summed E-state index contributed by atoms with van der Waals surface area (Å²) < 4.78 is 27.5. The van der Waals surface area contributed by atoms with Crippen molar-refractivity contribution in [3.8, 4) is 11.3 Å². The third-order valence-corrected chi connectivity index (χ3v) is 3.72. The first-order valence-corrected chi connectivity index (χ1v) is 6.98. The summed E-state index contributed by atoms with van der Waals surface area (Å²) in [7, 11) is 0. The van der Waals surface area contributed by atoms with Crippen LogP contribution < -0.4 is 5.32 Å². The number of nitrogens with zero attached hydrogens (tertiary/aromatic N) is 1. The first kappa shape index (κ1) is 13.2. The minimum Gasteiger partial charge on any atom is -0.341 e. The Morgan fingerprint density at radius 2 is 1.90 bits per heavy atom. The number of benzene rings is 1. The maximum absolute atomic E-state index is 13.7. The highest BCUT2D eigenvalue weighted by Crippen LogP contribution is 2.27. The minimum atomic E-state index is -0.575. The van der Waals surface area contributed by atoms with Gasteiger partial charge in [0, 0.05) is 0 Å². The Labute approximate surface area is 116 Å². The lowest BCUT2D eigenvalue weighted by Gasteiger charge is -2.12. The molecular weight excluding hydrogens is 260 g/mol. The smallest absolute Gasteiger partial charge is 0.135 e. The maximum atomic E-state index is 13.7. The largest absolute Gasteiger partial charge is 0.341 e. The molecule has 1 fully saturated rings. The summed E-state index contributed by atoms with van der Waals surface area (Å²) >= 11 is 0. The zero-order chi connectivity index (χ0) is 13.9. The normalized spacial score (nSPS) is 19.8. The van der Waals surface area contributed by atoms with Crippen LogP contribution in [0.15, 0.2) is 24.4 Å². The molecule has 2 aromatic rings. The molecule has 3 rings (SSSR count). The van der Waals surface area contributed by atoms with Crippen LogP contribution in [-0.2, 0) is 0 Å². The van der Waals surface area contributed by atoms with Gasteiger partial charge in [-0.25, -0.2) is 13.8 Å². The highest BCUT2D eigenvalue weighted by atomic mass is 19.1. The summed E-state index contributed by atoms with van der Waals surface area (Å²) in [5.74, 6) is -0.396. The van der Waals surface area contributed by atoms with E-state index in [0.29, 0.717) is 5.69 Å². The van der Waals surface area contributed by atoms with Crippen molar-refractivity contribution in [1.82, 2.24) is 15.3 Å². The van der Waals surface area contributed by atoms with Crippen LogP contribution in [-0.4, -0.2) is 16.5 Å². The van der Waals surface area contributed by atoms with E-state index in [2.05, 4.69) is 15.3 Å². The van der Waals surface area contributed by atoms with Crippen molar-refractivity contribution in [3.63, 3.8) is 0 Å². The van der Waals surface area contributed by atoms with E-state index in [9.17, 15) is 8.78 Å². The average Bonchev–Trinajstić information content (AvgIpc) is 2.74. The van der Waals surface area contributed by atoms with Gasteiger partial charge in [0.05, 0.1) is 23.5 Å². The van der Waals surface area contributed by atoms with Gasteiger partial charge >= 0.3 is 0 Å². The fourth-order valence-electron chi connectivity index (χ4n) is 2.66. The van der Waals surface area contributed by atoms with Crippen molar-refractivity contribution in [3.05, 3.63) is 41.9 Å². The Morgan fingerprint density at radius 3 is 2.70 bits per heavy atom. The van der Waals surface area contributed by atoms with Crippen LogP contribution in [0, 0.1) is 11.6 Å². The number of imidazole rings is 1. The SMILES string of the molecule is Fc1cccc(F)c1-c1cnc(C2CCCCCN2)[nH]1. The van der Waals surface area contributed by atoms with Gasteiger partial charge in [-0.2, -0.15) is 0 Å². The van der Waals surface area contributed by atoms with Crippen LogP contribution in [0.1, 0.15) is 37.5 Å². The molecule has 1 aliphatic rings. The molecule has 0 bridgehead atoms. The quantitative estimate of drug-likeness (QED) is 0.881. The first-order valence-electron chi connectivity index (χ1n) is 6.98. The molecule has 1 saturated heterocycles.